The fraction of sp³-hybridized carbons (Fsp3) is 0.0968. The van der Waals surface area contributed by atoms with Gasteiger partial charge in [-0.2, -0.15) is 0 Å². The lowest BCUT2D eigenvalue weighted by molar-refractivity contribution is 0.0420. The van der Waals surface area contributed by atoms with Gasteiger partial charge in [0.1, 0.15) is 6.67 Å². The Bertz CT molecular complexity index is 1760. The van der Waals surface area contributed by atoms with Crippen molar-refractivity contribution in [2.24, 2.45) is 0 Å². The first-order valence-electron chi connectivity index (χ1n) is 12.3. The molecule has 8 rings (SSSR count). The predicted molar refractivity (Wildman–Crippen MR) is 139 cm³/mol. The molecule has 2 heterocycles. The van der Waals surface area contributed by atoms with Crippen molar-refractivity contribution in [3.05, 3.63) is 105 Å². The van der Waals surface area contributed by atoms with Gasteiger partial charge < -0.3 is 0 Å². The van der Waals surface area contributed by atoms with E-state index in [2.05, 4.69) is 0 Å². The van der Waals surface area contributed by atoms with Crippen LogP contribution in [-0.4, -0.2) is 40.1 Å². The molecule has 2 aliphatic heterocycles. The molecular formula is C31H18N2O4. The van der Waals surface area contributed by atoms with Gasteiger partial charge in [0.25, 0.3) is 23.6 Å². The summed E-state index contributed by atoms with van der Waals surface area (Å²) in [6.07, 6.45) is 9.54. The molecule has 4 amide bonds. The van der Waals surface area contributed by atoms with Gasteiger partial charge in [0, 0.05) is 33.0 Å². The number of imide groups is 2. The van der Waals surface area contributed by atoms with E-state index in [1.807, 2.05) is 60.7 Å². The molecule has 0 atom stereocenters. The maximum absolute atomic E-state index is 13.7. The normalized spacial score (nSPS) is 17.0. The Morgan fingerprint density at radius 1 is 0.568 bits per heavy atom. The fourth-order valence-corrected chi connectivity index (χ4v) is 6.35. The fourth-order valence-electron chi connectivity index (χ4n) is 6.35. The minimum atomic E-state index is -0.504. The summed E-state index contributed by atoms with van der Waals surface area (Å²) in [6, 6.07) is 14.5. The second-order valence-corrected chi connectivity index (χ2v) is 9.87. The molecule has 4 aromatic rings. The molecule has 0 unspecified atom stereocenters. The molecule has 0 fully saturated rings. The van der Waals surface area contributed by atoms with Gasteiger partial charge in [-0.1, -0.05) is 48.6 Å². The molecule has 0 bridgehead atoms. The lowest BCUT2D eigenvalue weighted by Gasteiger charge is -2.34. The van der Waals surface area contributed by atoms with Gasteiger partial charge in [-0.3, -0.25) is 29.0 Å². The lowest BCUT2D eigenvalue weighted by atomic mass is 9.88. The second-order valence-electron chi connectivity index (χ2n) is 9.87. The number of benzene rings is 4. The van der Waals surface area contributed by atoms with Crippen LogP contribution in [0, 0.1) is 0 Å². The number of fused-ring (bicyclic) bond motifs is 4. The third kappa shape index (κ3) is 2.49. The number of carbonyl (C=O) groups is 4. The first kappa shape index (κ1) is 20.4. The quantitative estimate of drug-likeness (QED) is 0.378. The molecule has 0 saturated carbocycles. The van der Waals surface area contributed by atoms with Crippen LogP contribution in [0.4, 0.5) is 0 Å². The lowest BCUT2D eigenvalue weighted by Crippen LogP contribution is -2.52. The molecule has 6 nitrogen and oxygen atoms in total. The maximum atomic E-state index is 13.7. The number of hydrogen-bond acceptors (Lipinski definition) is 4. The van der Waals surface area contributed by atoms with Crippen LogP contribution in [0.25, 0.3) is 33.7 Å². The first-order chi connectivity index (χ1) is 18.0. The number of rotatable bonds is 2. The van der Waals surface area contributed by atoms with Crippen LogP contribution in [0.2, 0.25) is 0 Å². The average molecular weight is 482 g/mol. The van der Waals surface area contributed by atoms with Crippen LogP contribution in [0.15, 0.2) is 60.7 Å². The molecule has 0 aromatic heterocycles. The summed E-state index contributed by atoms with van der Waals surface area (Å²) in [6.45, 7) is -0.444. The molecule has 37 heavy (non-hydrogen) atoms. The van der Waals surface area contributed by atoms with E-state index in [4.69, 9.17) is 0 Å². The number of nitrogens with zero attached hydrogens (tertiary/aromatic N) is 2. The Hall–Kier alpha value is -4.84. The van der Waals surface area contributed by atoms with Crippen molar-refractivity contribution in [3.8, 4) is 0 Å². The summed E-state index contributed by atoms with van der Waals surface area (Å²) in [4.78, 5) is 56.7. The third-order valence-electron chi connectivity index (χ3n) is 8.04. The van der Waals surface area contributed by atoms with Crippen molar-refractivity contribution in [1.82, 2.24) is 9.80 Å². The molecule has 2 aliphatic carbocycles. The molecule has 4 aromatic carbocycles. The highest BCUT2D eigenvalue weighted by Crippen LogP contribution is 2.39. The third-order valence-corrected chi connectivity index (χ3v) is 8.04. The van der Waals surface area contributed by atoms with Crippen LogP contribution in [-0.2, 0) is 12.8 Å². The number of allylic oxidation sites excluding steroid dienone is 2. The van der Waals surface area contributed by atoms with Gasteiger partial charge >= 0.3 is 0 Å². The van der Waals surface area contributed by atoms with E-state index in [0.29, 0.717) is 33.0 Å². The molecule has 176 valence electrons. The highest BCUT2D eigenvalue weighted by Gasteiger charge is 2.40. The van der Waals surface area contributed by atoms with Gasteiger partial charge in [-0.15, -0.1) is 0 Å². The van der Waals surface area contributed by atoms with Gasteiger partial charge in [0.05, 0.1) is 0 Å². The summed E-state index contributed by atoms with van der Waals surface area (Å²) >= 11 is 0. The smallest absolute Gasteiger partial charge is 0.262 e. The van der Waals surface area contributed by atoms with Crippen molar-refractivity contribution in [2.45, 2.75) is 12.8 Å². The van der Waals surface area contributed by atoms with E-state index >= 15 is 0 Å². The van der Waals surface area contributed by atoms with E-state index < -0.39 is 30.3 Å². The summed E-state index contributed by atoms with van der Waals surface area (Å²) in [5.74, 6) is -2.01. The van der Waals surface area contributed by atoms with E-state index in [-0.39, 0.29) is 0 Å². The topological polar surface area (TPSA) is 74.8 Å². The Kier molecular flexibility index (Phi) is 3.79. The van der Waals surface area contributed by atoms with Crippen molar-refractivity contribution in [2.75, 3.05) is 6.67 Å². The van der Waals surface area contributed by atoms with Crippen LogP contribution < -0.4 is 0 Å². The second kappa shape index (κ2) is 6.89. The van der Waals surface area contributed by atoms with Crippen LogP contribution in [0.1, 0.15) is 63.7 Å². The Balaban J connectivity index is 1.25. The van der Waals surface area contributed by atoms with Crippen molar-refractivity contribution in [1.29, 1.82) is 0 Å². The van der Waals surface area contributed by atoms with Gasteiger partial charge in [0.15, 0.2) is 0 Å². The summed E-state index contributed by atoms with van der Waals surface area (Å²) in [5, 5.41) is 3.07. The molecular weight excluding hydrogens is 464 g/mol. The van der Waals surface area contributed by atoms with Crippen LogP contribution in [0.5, 0.6) is 0 Å². The Morgan fingerprint density at radius 3 is 1.46 bits per heavy atom. The Labute approximate surface area is 211 Å². The SMILES string of the molecule is O=C1c2cccc3c4c(cc(c23)C(=O)N1CN1C(=O)c2cccc3c5c(cc(c23)C1=O)C=CC5)C=CC4. The van der Waals surface area contributed by atoms with Gasteiger partial charge in [-0.25, -0.2) is 0 Å². The Morgan fingerprint density at radius 2 is 1.00 bits per heavy atom. The monoisotopic (exact) mass is 482 g/mol. The zero-order valence-electron chi connectivity index (χ0n) is 19.6. The highest BCUT2D eigenvalue weighted by atomic mass is 16.2. The highest BCUT2D eigenvalue weighted by molar-refractivity contribution is 6.28. The van der Waals surface area contributed by atoms with E-state index in [1.165, 1.54) is 0 Å². The average Bonchev–Trinajstić information content (AvgIpc) is 3.59. The summed E-state index contributed by atoms with van der Waals surface area (Å²) < 4.78 is 0. The molecule has 0 N–H and O–H groups in total. The summed E-state index contributed by atoms with van der Waals surface area (Å²) in [5.41, 5.74) is 5.75. The zero-order valence-corrected chi connectivity index (χ0v) is 19.6. The van der Waals surface area contributed by atoms with Crippen molar-refractivity contribution < 1.29 is 19.2 Å². The van der Waals surface area contributed by atoms with Gasteiger partial charge in [-0.05, 0) is 70.1 Å². The first-order valence-corrected chi connectivity index (χ1v) is 12.3. The van der Waals surface area contributed by atoms with E-state index in [0.717, 1.165) is 55.7 Å². The standard InChI is InChI=1S/C31H18N2O4/c34-28-22-11-3-9-20-18-7-1-5-16(18)13-24(26(20)22)30(36)32(28)15-33-29(35)23-12-4-10-21-19-8-2-6-17(19)14-25(27(21)23)31(33)37/h1-6,9-14H,7-8,15H2. The van der Waals surface area contributed by atoms with Crippen LogP contribution in [0.3, 0.4) is 0 Å². The number of hydrogen-bond donors (Lipinski definition) is 0. The largest absolute Gasteiger partial charge is 0.269 e. The van der Waals surface area contributed by atoms with Gasteiger partial charge in [0.2, 0.25) is 0 Å². The molecule has 0 spiro atoms. The maximum Gasteiger partial charge on any atom is 0.262 e. The molecule has 0 radical (unpaired) electrons. The summed E-state index contributed by atoms with van der Waals surface area (Å²) in [7, 11) is 0. The van der Waals surface area contributed by atoms with Crippen LogP contribution >= 0.6 is 0 Å². The zero-order chi connectivity index (χ0) is 25.0. The van der Waals surface area contributed by atoms with Crippen molar-refractivity contribution >= 4 is 57.3 Å². The van der Waals surface area contributed by atoms with E-state index in [1.54, 1.807) is 12.1 Å². The number of carbonyl (C=O) groups excluding carboxylic acids is 4. The number of amides is 4. The molecule has 6 heteroatoms. The minimum Gasteiger partial charge on any atom is -0.269 e. The van der Waals surface area contributed by atoms with E-state index in [9.17, 15) is 19.2 Å². The minimum absolute atomic E-state index is 0.407. The van der Waals surface area contributed by atoms with Crippen molar-refractivity contribution in [3.63, 3.8) is 0 Å². The molecule has 4 aliphatic rings. The predicted octanol–water partition coefficient (Wildman–Crippen LogP) is 4.98. The molecule has 0 saturated heterocycles.